The minimum Gasteiger partial charge on any atom is -0.499 e. The van der Waals surface area contributed by atoms with Crippen LogP contribution in [0.1, 0.15) is 86.8 Å². The van der Waals surface area contributed by atoms with Gasteiger partial charge in [0.15, 0.2) is 0 Å². The number of para-hydroxylation sites is 2. The average molecular weight is 1030 g/mol. The van der Waals surface area contributed by atoms with E-state index < -0.39 is 6.85 Å². The zero-order chi connectivity index (χ0) is 46.8. The molecule has 0 atom stereocenters. The molecule has 5 aromatic heterocycles. The maximum absolute atomic E-state index is 8.15. The van der Waals surface area contributed by atoms with Gasteiger partial charge in [-0.05, 0) is 94.4 Å². The Hall–Kier alpha value is -6.73. The molecule has 0 amide bonds. The molecule has 1 radical (unpaired) electrons. The van der Waals surface area contributed by atoms with Gasteiger partial charge >= 0.3 is 0 Å². The molecule has 0 N–H and O–H groups in total. The van der Waals surface area contributed by atoms with Crippen LogP contribution in [0.4, 0.5) is 0 Å². The van der Waals surface area contributed by atoms with Gasteiger partial charge in [0, 0.05) is 52.6 Å². The van der Waals surface area contributed by atoms with Gasteiger partial charge in [-0.1, -0.05) is 109 Å². The minimum absolute atomic E-state index is 0. The van der Waals surface area contributed by atoms with Crippen LogP contribution in [0.5, 0.6) is 0 Å². The minimum atomic E-state index is -2.32. The van der Waals surface area contributed by atoms with E-state index in [4.69, 9.17) is 22.9 Å². The van der Waals surface area contributed by atoms with E-state index in [2.05, 4.69) is 124 Å². The SMILES string of the molecule is CC(C)(C)c1ccnc(-c2[c-]cccc2)n1.[2H]C([2H])([2H])c1cccc2oc3nc4c(cc3c12)oc1c(-c2nc3ccccc3n2-c2c(C(C)C)cc(-c3ccccc3)cc2C(C)C)[c-]ccc14.[Ir]. The van der Waals surface area contributed by atoms with Gasteiger partial charge in [-0.2, -0.15) is 0 Å². The van der Waals surface area contributed by atoms with Crippen molar-refractivity contribution in [1.29, 1.82) is 0 Å². The summed E-state index contributed by atoms with van der Waals surface area (Å²) in [5, 5.41) is 1.92. The first-order valence-corrected chi connectivity index (χ1v) is 21.8. The maximum atomic E-state index is 8.15. The van der Waals surface area contributed by atoms with Crippen molar-refractivity contribution in [2.75, 3.05) is 0 Å². The number of hydrogen-bond acceptors (Lipinski definition) is 6. The number of aryl methyl sites for hydroxylation is 1. The number of furan rings is 2. The van der Waals surface area contributed by atoms with E-state index >= 15 is 0 Å². The van der Waals surface area contributed by atoms with Crippen LogP contribution in [0.25, 0.3) is 94.8 Å². The Morgan fingerprint density at radius 3 is 2.15 bits per heavy atom. The second-order valence-electron chi connectivity index (χ2n) is 17.9. The van der Waals surface area contributed by atoms with E-state index in [9.17, 15) is 0 Å². The largest absolute Gasteiger partial charge is 0.499 e. The topological polar surface area (TPSA) is 82.8 Å². The Labute approximate surface area is 397 Å². The fourth-order valence-electron chi connectivity index (χ4n) is 8.53. The van der Waals surface area contributed by atoms with Crippen molar-refractivity contribution >= 4 is 55.2 Å². The van der Waals surface area contributed by atoms with Crippen molar-refractivity contribution < 1.29 is 33.1 Å². The molecule has 0 aliphatic rings. The van der Waals surface area contributed by atoms with E-state index in [0.29, 0.717) is 44.3 Å². The van der Waals surface area contributed by atoms with Crippen LogP contribution in [-0.4, -0.2) is 24.5 Å². The van der Waals surface area contributed by atoms with Gasteiger partial charge in [-0.15, -0.1) is 54.1 Å². The number of aromatic nitrogens is 5. The summed E-state index contributed by atoms with van der Waals surface area (Å²) in [5.41, 5.74) is 13.4. The van der Waals surface area contributed by atoms with Gasteiger partial charge in [-0.25, -0.2) is 4.98 Å². The Morgan fingerprint density at radius 1 is 0.677 bits per heavy atom. The van der Waals surface area contributed by atoms with Gasteiger partial charge in [0.1, 0.15) is 16.7 Å². The normalized spacial score (nSPS) is 12.7. The van der Waals surface area contributed by atoms with Gasteiger partial charge in [0.25, 0.3) is 0 Å². The Kier molecular flexibility index (Phi) is 10.6. The molecule has 0 saturated heterocycles. The molecule has 7 nitrogen and oxygen atoms in total. The van der Waals surface area contributed by atoms with Crippen LogP contribution in [-0.2, 0) is 25.5 Å². The molecule has 0 fully saturated rings. The first-order chi connectivity index (χ1) is 32.2. The molecule has 0 aliphatic heterocycles. The zero-order valence-electron chi connectivity index (χ0n) is 40.3. The zero-order valence-corrected chi connectivity index (χ0v) is 39.7. The van der Waals surface area contributed by atoms with E-state index in [1.54, 1.807) is 18.2 Å². The first-order valence-electron chi connectivity index (χ1n) is 23.3. The third-order valence-electron chi connectivity index (χ3n) is 11.8. The molecule has 5 heterocycles. The van der Waals surface area contributed by atoms with E-state index in [1.807, 2.05) is 72.9 Å². The van der Waals surface area contributed by atoms with Crippen LogP contribution in [0, 0.1) is 19.0 Å². The number of rotatable bonds is 6. The standard InChI is InChI=1S/C43H34N3O2.C14H15N2.Ir/c1-24(2)31-21-28(27-14-7-6-8-15-27)22-32(25(3)4)40(31)46-35-19-10-9-18-34(35)44-42(46)30-17-12-16-29-39-37(47-41(29)30)23-33-38-26(5)13-11-20-36(38)48-43(33)45-39;1-14(2,3)12-9-10-15-13(16-12)11-7-5-4-6-8-11;/h6-16,18-25H,1-5H3;4-7,9-10H,1-3H3;/q2*-1;/i5D3;;. The van der Waals surface area contributed by atoms with E-state index in [-0.39, 0.29) is 42.9 Å². The molecule has 0 bridgehead atoms. The summed E-state index contributed by atoms with van der Waals surface area (Å²) in [6.07, 6.45) is 1.81. The molecule has 11 rings (SSSR count). The Bertz CT molecular complexity index is 3600. The monoisotopic (exact) mass is 1030 g/mol. The van der Waals surface area contributed by atoms with Crippen molar-refractivity contribution in [3.63, 3.8) is 0 Å². The summed E-state index contributed by atoms with van der Waals surface area (Å²) >= 11 is 0. The molecule has 8 heteroatoms. The fraction of sp³-hybridized carbons (Fsp3) is 0.193. The second kappa shape index (κ2) is 17.3. The molecule has 0 aliphatic carbocycles. The summed E-state index contributed by atoms with van der Waals surface area (Å²) in [7, 11) is 0. The maximum Gasteiger partial charge on any atom is 0.228 e. The number of benzene rings is 6. The summed E-state index contributed by atoms with van der Waals surface area (Å²) in [6.45, 7) is 13.1. The number of fused-ring (bicyclic) bond motifs is 7. The molecule has 11 aromatic rings. The predicted octanol–water partition coefficient (Wildman–Crippen LogP) is 15.1. The van der Waals surface area contributed by atoms with E-state index in [0.717, 1.165) is 45.0 Å². The Balaban J connectivity index is 0.000000289. The number of hydrogen-bond donors (Lipinski definition) is 0. The number of pyridine rings is 1. The van der Waals surface area contributed by atoms with Crippen LogP contribution < -0.4 is 0 Å². The summed E-state index contributed by atoms with van der Waals surface area (Å²) < 4.78 is 39.6. The first kappa shape index (κ1) is 39.8. The third kappa shape index (κ3) is 7.96. The molecular weight excluding hydrogens is 979 g/mol. The van der Waals surface area contributed by atoms with Crippen molar-refractivity contribution in [2.24, 2.45) is 0 Å². The average Bonchev–Trinajstić information content (AvgIpc) is 4.01. The van der Waals surface area contributed by atoms with Crippen LogP contribution in [0.15, 0.2) is 148 Å². The van der Waals surface area contributed by atoms with Gasteiger partial charge < -0.3 is 13.4 Å². The van der Waals surface area contributed by atoms with Crippen molar-refractivity contribution in [3.8, 4) is 39.6 Å². The molecule has 6 aromatic carbocycles. The van der Waals surface area contributed by atoms with Crippen molar-refractivity contribution in [1.82, 2.24) is 24.5 Å². The molecule has 0 saturated carbocycles. The number of nitrogens with zero attached hydrogens (tertiary/aromatic N) is 5. The molecule has 65 heavy (non-hydrogen) atoms. The quantitative estimate of drug-likeness (QED) is 0.154. The molecule has 325 valence electrons. The Morgan fingerprint density at radius 2 is 1.43 bits per heavy atom. The van der Waals surface area contributed by atoms with Crippen LogP contribution in [0.3, 0.4) is 0 Å². The van der Waals surface area contributed by atoms with Gasteiger partial charge in [-0.3, -0.25) is 15.0 Å². The molecular formula is C57H49IrN5O2-2. The van der Waals surface area contributed by atoms with E-state index in [1.165, 1.54) is 22.3 Å². The summed E-state index contributed by atoms with van der Waals surface area (Å²) in [5.74, 6) is 1.90. The smallest absolute Gasteiger partial charge is 0.228 e. The van der Waals surface area contributed by atoms with Crippen molar-refractivity contribution in [2.45, 2.75) is 72.6 Å². The second-order valence-corrected chi connectivity index (χ2v) is 17.9. The van der Waals surface area contributed by atoms with Crippen LogP contribution >= 0.6 is 0 Å². The van der Waals surface area contributed by atoms with Crippen molar-refractivity contribution in [3.05, 3.63) is 174 Å². The summed E-state index contributed by atoms with van der Waals surface area (Å²) in [6, 6.07) is 50.5. The van der Waals surface area contributed by atoms with Gasteiger partial charge in [0.05, 0.1) is 33.7 Å². The third-order valence-corrected chi connectivity index (χ3v) is 11.8. The fourth-order valence-corrected chi connectivity index (χ4v) is 8.53. The van der Waals surface area contributed by atoms with Gasteiger partial charge in [0.2, 0.25) is 5.71 Å². The predicted molar refractivity (Wildman–Crippen MR) is 261 cm³/mol. The van der Waals surface area contributed by atoms with Crippen LogP contribution in [0.2, 0.25) is 0 Å². The summed E-state index contributed by atoms with van der Waals surface area (Å²) in [4.78, 5) is 19.0. The molecule has 0 spiro atoms. The number of imidazole rings is 1. The molecule has 0 unspecified atom stereocenters.